The molecule has 2 aromatic carbocycles. The minimum Gasteiger partial charge on any atom is -0.368 e. The first-order chi connectivity index (χ1) is 17.6. The second-order valence-electron chi connectivity index (χ2n) is 8.97. The van der Waals surface area contributed by atoms with Crippen molar-refractivity contribution in [2.75, 3.05) is 31.1 Å². The normalized spacial score (nSPS) is 14.5. The van der Waals surface area contributed by atoms with E-state index in [0.29, 0.717) is 49.0 Å². The lowest BCUT2D eigenvalue weighted by atomic mass is 10.1. The Hall–Kier alpha value is -3.73. The van der Waals surface area contributed by atoms with Gasteiger partial charge in [-0.1, -0.05) is 23.9 Å². The zero-order valence-corrected chi connectivity index (χ0v) is 21.7. The molecule has 0 spiro atoms. The van der Waals surface area contributed by atoms with Gasteiger partial charge < -0.3 is 9.80 Å². The van der Waals surface area contributed by atoms with E-state index in [0.717, 1.165) is 11.3 Å². The van der Waals surface area contributed by atoms with Gasteiger partial charge in [-0.25, -0.2) is 9.37 Å². The van der Waals surface area contributed by atoms with Crippen molar-refractivity contribution in [3.05, 3.63) is 91.6 Å². The second kappa shape index (κ2) is 11.1. The van der Waals surface area contributed by atoms with Crippen molar-refractivity contribution in [1.29, 1.82) is 0 Å². The highest BCUT2D eigenvalue weighted by atomic mass is 32.2. The molecule has 9 nitrogen and oxygen atoms in total. The van der Waals surface area contributed by atoms with Gasteiger partial charge >= 0.3 is 0 Å². The number of benzene rings is 2. The highest BCUT2D eigenvalue weighted by molar-refractivity contribution is 8.00. The second-order valence-corrected chi connectivity index (χ2v) is 10.3. The third kappa shape index (κ3) is 5.99. The number of anilines is 1. The summed E-state index contributed by atoms with van der Waals surface area (Å²) in [5.74, 6) is -0.361. The van der Waals surface area contributed by atoms with Crippen molar-refractivity contribution in [1.82, 2.24) is 14.5 Å². The van der Waals surface area contributed by atoms with Gasteiger partial charge in [0.25, 0.3) is 11.2 Å². The number of hydrogen-bond donors (Lipinski definition) is 0. The van der Waals surface area contributed by atoms with Crippen LogP contribution in [0.25, 0.3) is 0 Å². The fourth-order valence-electron chi connectivity index (χ4n) is 4.28. The zero-order valence-electron chi connectivity index (χ0n) is 20.9. The van der Waals surface area contributed by atoms with E-state index in [2.05, 4.69) is 9.88 Å². The largest absolute Gasteiger partial charge is 0.368 e. The van der Waals surface area contributed by atoms with E-state index in [4.69, 9.17) is 0 Å². The summed E-state index contributed by atoms with van der Waals surface area (Å²) in [7, 11) is 1.64. The molecule has 0 bridgehead atoms. The van der Waals surface area contributed by atoms with Crippen LogP contribution in [0.1, 0.15) is 23.7 Å². The monoisotopic (exact) mass is 525 g/mol. The molecule has 194 valence electrons. The zero-order chi connectivity index (χ0) is 26.7. The Kier molecular flexibility index (Phi) is 7.91. The number of carbonyl (C=O) groups is 1. The Bertz CT molecular complexity index is 1350. The molecule has 1 fully saturated rings. The van der Waals surface area contributed by atoms with Crippen LogP contribution in [0.15, 0.2) is 58.5 Å². The topological polar surface area (TPSA) is 102 Å². The predicted molar refractivity (Wildman–Crippen MR) is 141 cm³/mol. The van der Waals surface area contributed by atoms with Crippen LogP contribution in [0.3, 0.4) is 0 Å². The van der Waals surface area contributed by atoms with Crippen LogP contribution < -0.4 is 10.5 Å². The van der Waals surface area contributed by atoms with Crippen LogP contribution >= 0.6 is 11.8 Å². The molecular formula is C26H28FN5O4S. The number of aromatic nitrogens is 2. The first-order valence-corrected chi connectivity index (χ1v) is 12.8. The van der Waals surface area contributed by atoms with Gasteiger partial charge in [0.1, 0.15) is 5.82 Å². The van der Waals surface area contributed by atoms with Gasteiger partial charge in [0.2, 0.25) is 5.91 Å². The molecule has 2 heterocycles. The van der Waals surface area contributed by atoms with E-state index in [1.807, 2.05) is 6.92 Å². The number of amides is 1. The summed E-state index contributed by atoms with van der Waals surface area (Å²) in [5, 5.41) is 10.9. The molecule has 0 N–H and O–H groups in total. The van der Waals surface area contributed by atoms with Gasteiger partial charge in [0.15, 0.2) is 5.16 Å². The maximum absolute atomic E-state index is 13.2. The molecule has 1 unspecified atom stereocenters. The average Bonchev–Trinajstić information content (AvgIpc) is 2.90. The van der Waals surface area contributed by atoms with E-state index in [-0.39, 0.29) is 23.0 Å². The van der Waals surface area contributed by atoms with E-state index in [9.17, 15) is 24.1 Å². The summed E-state index contributed by atoms with van der Waals surface area (Å²) in [5.41, 5.74) is 2.70. The van der Waals surface area contributed by atoms with E-state index >= 15 is 0 Å². The van der Waals surface area contributed by atoms with Crippen LogP contribution in [-0.4, -0.2) is 56.7 Å². The number of non-ortho nitro benzene ring substituents is 1. The molecule has 37 heavy (non-hydrogen) atoms. The SMILES string of the molecule is Cc1nc(SC(C)C(=O)N2CCN(c3ccc([N+](=O)[O-])cc3)CC2)n(C)c(=O)c1Cc1ccc(F)cc1. The van der Waals surface area contributed by atoms with Gasteiger partial charge in [-0.2, -0.15) is 0 Å². The molecule has 0 radical (unpaired) electrons. The highest BCUT2D eigenvalue weighted by Crippen LogP contribution is 2.25. The molecule has 3 aromatic rings. The fourth-order valence-corrected chi connectivity index (χ4v) is 5.28. The molecule has 1 aliphatic rings. The van der Waals surface area contributed by atoms with Crippen LogP contribution in [0.4, 0.5) is 15.8 Å². The van der Waals surface area contributed by atoms with Gasteiger partial charge in [0.05, 0.1) is 10.2 Å². The maximum atomic E-state index is 13.2. The first-order valence-electron chi connectivity index (χ1n) is 11.9. The van der Waals surface area contributed by atoms with E-state index in [1.54, 1.807) is 43.1 Å². The van der Waals surface area contributed by atoms with Gasteiger partial charge in [0, 0.05) is 68.7 Å². The summed E-state index contributed by atoms with van der Waals surface area (Å²) in [6.07, 6.45) is 0.351. The third-order valence-electron chi connectivity index (χ3n) is 6.49. The number of nitrogens with zero attached hydrogens (tertiary/aromatic N) is 5. The first kappa shape index (κ1) is 26.3. The summed E-state index contributed by atoms with van der Waals surface area (Å²) >= 11 is 1.25. The lowest BCUT2D eigenvalue weighted by Gasteiger charge is -2.37. The van der Waals surface area contributed by atoms with Crippen molar-refractivity contribution < 1.29 is 14.1 Å². The minimum atomic E-state index is -0.439. The van der Waals surface area contributed by atoms with Crippen molar-refractivity contribution in [3.63, 3.8) is 0 Å². The molecule has 11 heteroatoms. The standard InChI is InChI=1S/C26H28FN5O4S/c1-17-23(16-19-4-6-20(27)7-5-19)25(34)29(3)26(28-17)37-18(2)24(33)31-14-12-30(13-15-31)21-8-10-22(11-9-21)32(35)36/h4-11,18H,12-16H2,1-3H3. The Morgan fingerprint density at radius 1 is 1.11 bits per heavy atom. The Morgan fingerprint density at radius 2 is 1.73 bits per heavy atom. The molecule has 1 aromatic heterocycles. The quantitative estimate of drug-likeness (QED) is 0.201. The summed E-state index contributed by atoms with van der Waals surface area (Å²) in [6, 6.07) is 12.5. The smallest absolute Gasteiger partial charge is 0.269 e. The summed E-state index contributed by atoms with van der Waals surface area (Å²) in [4.78, 5) is 45.2. The number of nitro groups is 1. The molecule has 4 rings (SSSR count). The Labute approximate surface area is 218 Å². The minimum absolute atomic E-state index is 0.0318. The van der Waals surface area contributed by atoms with Gasteiger partial charge in [-0.15, -0.1) is 0 Å². The fraction of sp³-hybridized carbons (Fsp3) is 0.346. The van der Waals surface area contributed by atoms with Crippen LogP contribution in [0.5, 0.6) is 0 Å². The lowest BCUT2D eigenvalue weighted by molar-refractivity contribution is -0.384. The van der Waals surface area contributed by atoms with Crippen molar-refractivity contribution in [2.24, 2.45) is 7.05 Å². The van der Waals surface area contributed by atoms with Crippen LogP contribution in [0, 0.1) is 22.9 Å². The predicted octanol–water partition coefficient (Wildman–Crippen LogP) is 3.56. The number of hydrogen-bond acceptors (Lipinski definition) is 7. The van der Waals surface area contributed by atoms with Crippen molar-refractivity contribution >= 4 is 29.0 Å². The molecule has 1 aliphatic heterocycles. The van der Waals surface area contributed by atoms with E-state index in [1.165, 1.54) is 40.6 Å². The van der Waals surface area contributed by atoms with Crippen LogP contribution in [-0.2, 0) is 18.3 Å². The number of piperazine rings is 1. The number of nitro benzene ring substituents is 1. The van der Waals surface area contributed by atoms with Gasteiger partial charge in [-0.3, -0.25) is 24.3 Å². The molecular weight excluding hydrogens is 497 g/mol. The third-order valence-corrected chi connectivity index (χ3v) is 7.62. The maximum Gasteiger partial charge on any atom is 0.269 e. The number of thioether (sulfide) groups is 1. The van der Waals surface area contributed by atoms with E-state index < -0.39 is 10.2 Å². The van der Waals surface area contributed by atoms with Crippen molar-refractivity contribution in [2.45, 2.75) is 30.7 Å². The Balaban J connectivity index is 1.38. The number of rotatable bonds is 7. The Morgan fingerprint density at radius 3 is 2.32 bits per heavy atom. The average molecular weight is 526 g/mol. The highest BCUT2D eigenvalue weighted by Gasteiger charge is 2.27. The molecule has 1 saturated heterocycles. The summed E-state index contributed by atoms with van der Waals surface area (Å²) < 4.78 is 14.7. The molecule has 1 atom stereocenters. The summed E-state index contributed by atoms with van der Waals surface area (Å²) in [6.45, 7) is 5.88. The van der Waals surface area contributed by atoms with Gasteiger partial charge in [-0.05, 0) is 43.7 Å². The molecule has 0 saturated carbocycles. The number of aryl methyl sites for hydroxylation is 1. The number of carbonyl (C=O) groups excluding carboxylic acids is 1. The van der Waals surface area contributed by atoms with Crippen molar-refractivity contribution in [3.8, 4) is 0 Å². The molecule has 1 amide bonds. The molecule has 0 aliphatic carbocycles. The van der Waals surface area contributed by atoms with Crippen LogP contribution in [0.2, 0.25) is 0 Å². The lowest BCUT2D eigenvalue weighted by Crippen LogP contribution is -2.50. The number of halogens is 1.